The molecule has 0 amide bonds. The summed E-state index contributed by atoms with van der Waals surface area (Å²) >= 11 is 0. The lowest BCUT2D eigenvalue weighted by Gasteiger charge is -2.09. The molecular weight excluding hydrogens is 685 g/mol. The molecule has 11 nitrogen and oxygen atoms in total. The lowest BCUT2D eigenvalue weighted by Crippen LogP contribution is -2.07. The lowest BCUT2D eigenvalue weighted by atomic mass is 10.1. The Hall–Kier alpha value is -6.59. The van der Waals surface area contributed by atoms with Gasteiger partial charge in [-0.15, -0.1) is 0 Å². The molecule has 6 aromatic heterocycles. The van der Waals surface area contributed by atoms with Crippen molar-refractivity contribution in [1.82, 2.24) is 39.5 Å². The molecule has 0 spiro atoms. The monoisotopic (exact) mass is 724 g/mol. The maximum atomic E-state index is 9.02. The van der Waals surface area contributed by atoms with Crippen molar-refractivity contribution in [2.45, 2.75) is 57.4 Å². The predicted molar refractivity (Wildman–Crippen MR) is 215 cm³/mol. The van der Waals surface area contributed by atoms with Crippen LogP contribution in [0.3, 0.4) is 0 Å². The minimum absolute atomic E-state index is 0.0893. The average Bonchev–Trinajstić information content (AvgIpc) is 4.18. The quantitative estimate of drug-likeness (QED) is 0.0898. The van der Waals surface area contributed by atoms with Crippen molar-refractivity contribution < 1.29 is 5.21 Å². The first-order valence-corrected chi connectivity index (χ1v) is 18.7. The number of hydrogen-bond acceptors (Lipinski definition) is 9. The van der Waals surface area contributed by atoms with Crippen LogP contribution in [0.25, 0.3) is 56.0 Å². The second-order valence-electron chi connectivity index (χ2n) is 14.4. The van der Waals surface area contributed by atoms with Crippen molar-refractivity contribution in [1.29, 1.82) is 0 Å². The molecule has 2 aliphatic carbocycles. The summed E-state index contributed by atoms with van der Waals surface area (Å²) in [6.45, 7) is 3.67. The van der Waals surface area contributed by atoms with Crippen LogP contribution in [0.15, 0.2) is 127 Å². The molecule has 1 unspecified atom stereocenters. The molecule has 8 aromatic rings. The van der Waals surface area contributed by atoms with Crippen LogP contribution >= 0.6 is 0 Å². The molecule has 1 atom stereocenters. The van der Waals surface area contributed by atoms with E-state index in [4.69, 9.17) is 25.9 Å². The second kappa shape index (κ2) is 14.3. The molecule has 0 saturated heterocycles. The number of fused-ring (bicyclic) bond motifs is 2. The molecule has 11 heteroatoms. The molecule has 0 radical (unpaired) electrons. The Balaban J connectivity index is 0.000000144. The average molecular weight is 725 g/mol. The molecule has 272 valence electrons. The third-order valence-corrected chi connectivity index (χ3v) is 10.2. The fourth-order valence-corrected chi connectivity index (χ4v) is 6.76. The van der Waals surface area contributed by atoms with Gasteiger partial charge in [0.15, 0.2) is 11.6 Å². The smallest absolute Gasteiger partial charge is 0.154 e. The third kappa shape index (κ3) is 7.09. The van der Waals surface area contributed by atoms with Crippen LogP contribution in [-0.4, -0.2) is 50.4 Å². The first-order chi connectivity index (χ1) is 26.9. The fourth-order valence-electron chi connectivity index (χ4n) is 6.76. The van der Waals surface area contributed by atoms with E-state index in [1.165, 1.54) is 31.4 Å². The first-order valence-electron chi connectivity index (χ1n) is 18.7. The van der Waals surface area contributed by atoms with Gasteiger partial charge in [-0.1, -0.05) is 53.7 Å². The van der Waals surface area contributed by atoms with E-state index in [-0.39, 0.29) is 6.04 Å². The zero-order valence-electron chi connectivity index (χ0n) is 30.7. The largest absolute Gasteiger partial charge is 0.411 e. The fraction of sp³-hybridized carbons (Fsp3) is 0.205. The van der Waals surface area contributed by atoms with Crippen LogP contribution in [-0.2, 0) is 0 Å². The number of hydrogen-bond donors (Lipinski definition) is 2. The highest BCUT2D eigenvalue weighted by atomic mass is 16.4. The second-order valence-corrected chi connectivity index (χ2v) is 14.4. The topological polar surface area (TPSA) is 146 Å². The first kappa shape index (κ1) is 34.2. The Morgan fingerprint density at radius 1 is 0.655 bits per heavy atom. The Bertz CT molecular complexity index is 2700. The predicted octanol–water partition coefficient (Wildman–Crippen LogP) is 8.94. The highest BCUT2D eigenvalue weighted by molar-refractivity contribution is 5.97. The zero-order valence-corrected chi connectivity index (χ0v) is 30.7. The van der Waals surface area contributed by atoms with E-state index >= 15 is 0 Å². The maximum Gasteiger partial charge on any atom is 0.154 e. The van der Waals surface area contributed by atoms with E-state index < -0.39 is 0 Å². The van der Waals surface area contributed by atoms with Gasteiger partial charge in [0, 0.05) is 51.2 Å². The molecule has 2 fully saturated rings. The number of nitrogens with zero attached hydrogens (tertiary/aromatic N) is 9. The van der Waals surface area contributed by atoms with E-state index in [9.17, 15) is 0 Å². The standard InChI is InChI=1S/C22H19N5O.C22H21N5/c1-14(26-28)18-4-2-5-20(24-18)16-10-11-17-13-23-27(21(17)12-16)22-7-3-6-19(25-22)15-8-9-15;1-14(23)18-4-2-5-20(25-18)16-10-11-17-13-24-27(21(17)12-16)22-7-3-6-19(26-22)15-8-9-15/h2-7,10-13,15,28H,8-9H2,1H3;2-7,10-15H,8-9,23H2,1H3/b26-14-;. The number of pyridine rings is 4. The summed E-state index contributed by atoms with van der Waals surface area (Å²) in [5.74, 6) is 2.92. The van der Waals surface area contributed by atoms with Crippen LogP contribution in [0.4, 0.5) is 0 Å². The number of benzene rings is 2. The number of aromatic nitrogens is 8. The molecule has 0 bridgehead atoms. The summed E-state index contributed by atoms with van der Waals surface area (Å²) in [6.07, 6.45) is 8.66. The van der Waals surface area contributed by atoms with Crippen LogP contribution in [0.1, 0.15) is 80.2 Å². The molecule has 2 aliphatic rings. The lowest BCUT2D eigenvalue weighted by molar-refractivity contribution is 0.319. The van der Waals surface area contributed by atoms with E-state index in [1.54, 1.807) is 6.92 Å². The third-order valence-electron chi connectivity index (χ3n) is 10.2. The number of rotatable bonds is 8. The van der Waals surface area contributed by atoms with Gasteiger partial charge in [-0.2, -0.15) is 10.2 Å². The highest BCUT2D eigenvalue weighted by Crippen LogP contribution is 2.40. The van der Waals surface area contributed by atoms with Gasteiger partial charge in [-0.25, -0.2) is 24.3 Å². The Kier molecular flexibility index (Phi) is 8.91. The van der Waals surface area contributed by atoms with Gasteiger partial charge in [-0.05, 0) is 100 Å². The summed E-state index contributed by atoms with van der Waals surface area (Å²) < 4.78 is 3.80. The van der Waals surface area contributed by atoms with Crippen molar-refractivity contribution in [3.8, 4) is 34.2 Å². The highest BCUT2D eigenvalue weighted by Gasteiger charge is 2.26. The molecule has 10 rings (SSSR count). The molecule has 2 aromatic carbocycles. The molecule has 2 saturated carbocycles. The Morgan fingerprint density at radius 2 is 1.16 bits per heavy atom. The van der Waals surface area contributed by atoms with Gasteiger partial charge < -0.3 is 10.9 Å². The SMILES string of the molecule is C/C(=N/O)c1cccc(-c2ccc3cnn(-c4cccc(C5CC5)n4)c3c2)n1.CC(N)c1cccc(-c2ccc3cnn(-c4cccc(C5CC5)n4)c3c2)n1. The van der Waals surface area contributed by atoms with Crippen LogP contribution in [0, 0.1) is 0 Å². The normalized spacial score (nSPS) is 14.9. The Morgan fingerprint density at radius 3 is 1.67 bits per heavy atom. The molecule has 55 heavy (non-hydrogen) atoms. The van der Waals surface area contributed by atoms with Gasteiger partial charge in [0.25, 0.3) is 0 Å². The minimum Gasteiger partial charge on any atom is -0.411 e. The van der Waals surface area contributed by atoms with Gasteiger partial charge in [0.05, 0.1) is 46.2 Å². The maximum absolute atomic E-state index is 9.02. The van der Waals surface area contributed by atoms with Crippen molar-refractivity contribution in [2.24, 2.45) is 10.9 Å². The van der Waals surface area contributed by atoms with Crippen molar-refractivity contribution in [2.75, 3.05) is 0 Å². The van der Waals surface area contributed by atoms with E-state index in [1.807, 2.05) is 89.3 Å². The van der Waals surface area contributed by atoms with Crippen LogP contribution in [0.5, 0.6) is 0 Å². The zero-order chi connectivity index (χ0) is 37.5. The molecule has 0 aliphatic heterocycles. The van der Waals surface area contributed by atoms with Crippen molar-refractivity contribution in [3.05, 3.63) is 144 Å². The Labute approximate surface area is 318 Å². The minimum atomic E-state index is -0.0893. The summed E-state index contributed by atoms with van der Waals surface area (Å²) in [6, 6.07) is 36.3. The molecular formula is C44H40N10O. The number of oxime groups is 1. The summed E-state index contributed by atoms with van der Waals surface area (Å²) in [5, 5.41) is 23.5. The van der Waals surface area contributed by atoms with Crippen molar-refractivity contribution in [3.63, 3.8) is 0 Å². The summed E-state index contributed by atoms with van der Waals surface area (Å²) in [7, 11) is 0. The van der Waals surface area contributed by atoms with E-state index in [0.717, 1.165) is 67.3 Å². The van der Waals surface area contributed by atoms with Crippen LogP contribution in [0.2, 0.25) is 0 Å². The van der Waals surface area contributed by atoms with Gasteiger partial charge >= 0.3 is 0 Å². The van der Waals surface area contributed by atoms with Gasteiger partial charge in [0.2, 0.25) is 0 Å². The summed E-state index contributed by atoms with van der Waals surface area (Å²) in [5.41, 5.74) is 16.1. The molecule has 3 N–H and O–H groups in total. The summed E-state index contributed by atoms with van der Waals surface area (Å²) in [4.78, 5) is 19.0. The van der Waals surface area contributed by atoms with E-state index in [0.29, 0.717) is 23.2 Å². The van der Waals surface area contributed by atoms with Gasteiger partial charge in [-0.3, -0.25) is 4.98 Å². The van der Waals surface area contributed by atoms with Crippen molar-refractivity contribution >= 4 is 27.5 Å². The van der Waals surface area contributed by atoms with E-state index in [2.05, 4.69) is 68.9 Å². The number of nitrogens with two attached hydrogens (primary N) is 1. The van der Waals surface area contributed by atoms with Gasteiger partial charge in [0.1, 0.15) is 5.71 Å². The van der Waals surface area contributed by atoms with Crippen LogP contribution < -0.4 is 5.73 Å². The molecule has 6 heterocycles.